The van der Waals surface area contributed by atoms with E-state index in [1.165, 1.54) is 11.4 Å². The van der Waals surface area contributed by atoms with Gasteiger partial charge in [0.05, 0.1) is 12.0 Å². The lowest BCUT2D eigenvalue weighted by atomic mass is 9.88. The Kier molecular flexibility index (Phi) is 2.35. The molecule has 2 unspecified atom stereocenters. The molecule has 3 heteroatoms. The molecule has 0 radical (unpaired) electrons. The molecule has 0 fully saturated rings. The Bertz CT molecular complexity index is 314. The van der Waals surface area contributed by atoms with E-state index in [1.807, 2.05) is 6.33 Å². The molecule has 0 saturated carbocycles. The topological polar surface area (TPSA) is 43.8 Å². The van der Waals surface area contributed by atoms with Crippen LogP contribution in [-0.2, 0) is 6.42 Å². The van der Waals surface area contributed by atoms with Gasteiger partial charge in [0.25, 0.3) is 0 Å². The van der Waals surface area contributed by atoms with Gasteiger partial charge in [-0.2, -0.15) is 0 Å². The van der Waals surface area contributed by atoms with E-state index in [1.54, 1.807) is 0 Å². The van der Waals surface area contributed by atoms with Gasteiger partial charge in [0.15, 0.2) is 0 Å². The summed E-state index contributed by atoms with van der Waals surface area (Å²) in [6.45, 7) is 6.59. The van der Waals surface area contributed by atoms with Gasteiger partial charge in [-0.05, 0) is 20.3 Å². The largest absolute Gasteiger partial charge is 0.332 e. The summed E-state index contributed by atoms with van der Waals surface area (Å²) in [6, 6.07) is 0.801. The van der Waals surface area contributed by atoms with Crippen LogP contribution in [0.3, 0.4) is 0 Å². The van der Waals surface area contributed by atoms with Crippen molar-refractivity contribution in [1.29, 1.82) is 0 Å². The Morgan fingerprint density at radius 1 is 1.57 bits per heavy atom. The summed E-state index contributed by atoms with van der Waals surface area (Å²) in [7, 11) is 0. The standard InChI is InChI=1S/C11H19N3/c1-7(2)14-6-13-11-8(3)4-9(12)5-10(11)14/h6-9H,4-5,12H2,1-3H3. The van der Waals surface area contributed by atoms with E-state index in [4.69, 9.17) is 5.73 Å². The predicted molar refractivity (Wildman–Crippen MR) is 57.3 cm³/mol. The number of aromatic nitrogens is 2. The normalized spacial score (nSPS) is 26.6. The molecule has 2 atom stereocenters. The van der Waals surface area contributed by atoms with E-state index < -0.39 is 0 Å². The molecule has 1 aliphatic rings. The van der Waals surface area contributed by atoms with Crippen molar-refractivity contribution in [2.24, 2.45) is 5.73 Å². The SMILES string of the molecule is CC1CC(N)Cc2c1ncn2C(C)C. The molecule has 0 bridgehead atoms. The second-order valence-electron chi connectivity index (χ2n) is 4.68. The molecule has 0 aliphatic heterocycles. The molecule has 2 N–H and O–H groups in total. The minimum atomic E-state index is 0.312. The molecule has 0 aromatic carbocycles. The van der Waals surface area contributed by atoms with Crippen molar-refractivity contribution in [3.63, 3.8) is 0 Å². The average Bonchev–Trinajstić information content (AvgIpc) is 2.47. The third-order valence-corrected chi connectivity index (χ3v) is 3.06. The first kappa shape index (κ1) is 9.71. The number of imidazole rings is 1. The van der Waals surface area contributed by atoms with Crippen molar-refractivity contribution in [2.75, 3.05) is 0 Å². The molecule has 2 rings (SSSR count). The van der Waals surface area contributed by atoms with Gasteiger partial charge in [0.2, 0.25) is 0 Å². The second-order valence-corrected chi connectivity index (χ2v) is 4.68. The Labute approximate surface area is 85.3 Å². The minimum absolute atomic E-state index is 0.312. The highest BCUT2D eigenvalue weighted by atomic mass is 15.1. The fraction of sp³-hybridized carbons (Fsp3) is 0.727. The summed E-state index contributed by atoms with van der Waals surface area (Å²) in [6.07, 6.45) is 4.02. The van der Waals surface area contributed by atoms with Crippen LogP contribution >= 0.6 is 0 Å². The summed E-state index contributed by atoms with van der Waals surface area (Å²) >= 11 is 0. The fourth-order valence-corrected chi connectivity index (χ4v) is 2.36. The number of fused-ring (bicyclic) bond motifs is 1. The summed E-state index contributed by atoms with van der Waals surface area (Å²) < 4.78 is 2.25. The van der Waals surface area contributed by atoms with Crippen LogP contribution in [0.5, 0.6) is 0 Å². The first-order chi connectivity index (χ1) is 6.59. The van der Waals surface area contributed by atoms with Crippen LogP contribution in [0, 0.1) is 0 Å². The van der Waals surface area contributed by atoms with Crippen LogP contribution in [-0.4, -0.2) is 15.6 Å². The van der Waals surface area contributed by atoms with Gasteiger partial charge in [0.1, 0.15) is 0 Å². The van der Waals surface area contributed by atoms with Gasteiger partial charge in [-0.25, -0.2) is 4.98 Å². The molecule has 1 aromatic heterocycles. The van der Waals surface area contributed by atoms with E-state index in [2.05, 4.69) is 30.3 Å². The first-order valence-corrected chi connectivity index (χ1v) is 5.40. The zero-order valence-corrected chi connectivity index (χ0v) is 9.20. The van der Waals surface area contributed by atoms with E-state index >= 15 is 0 Å². The fourth-order valence-electron chi connectivity index (χ4n) is 2.36. The zero-order valence-electron chi connectivity index (χ0n) is 9.20. The number of rotatable bonds is 1. The van der Waals surface area contributed by atoms with E-state index in [-0.39, 0.29) is 0 Å². The third kappa shape index (κ3) is 1.46. The number of hydrogen-bond acceptors (Lipinski definition) is 2. The Morgan fingerprint density at radius 2 is 2.29 bits per heavy atom. The molecule has 1 aliphatic carbocycles. The van der Waals surface area contributed by atoms with Crippen LogP contribution in [0.1, 0.15) is 50.5 Å². The Hall–Kier alpha value is -0.830. The van der Waals surface area contributed by atoms with E-state index in [0.29, 0.717) is 18.0 Å². The van der Waals surface area contributed by atoms with Crippen molar-refractivity contribution in [3.8, 4) is 0 Å². The summed E-state index contributed by atoms with van der Waals surface area (Å²) in [5.41, 5.74) is 8.64. The number of nitrogens with two attached hydrogens (primary N) is 1. The second kappa shape index (κ2) is 3.39. The van der Waals surface area contributed by atoms with E-state index in [0.717, 1.165) is 12.8 Å². The van der Waals surface area contributed by atoms with Gasteiger partial charge in [-0.1, -0.05) is 6.92 Å². The molecule has 0 amide bonds. The van der Waals surface area contributed by atoms with Gasteiger partial charge < -0.3 is 10.3 Å². The van der Waals surface area contributed by atoms with Gasteiger partial charge in [0, 0.05) is 30.1 Å². The zero-order chi connectivity index (χ0) is 10.3. The van der Waals surface area contributed by atoms with Gasteiger partial charge in [-0.15, -0.1) is 0 Å². The van der Waals surface area contributed by atoms with Crippen molar-refractivity contribution >= 4 is 0 Å². The highest BCUT2D eigenvalue weighted by Crippen LogP contribution is 2.30. The van der Waals surface area contributed by atoms with Crippen LogP contribution < -0.4 is 5.73 Å². The van der Waals surface area contributed by atoms with Crippen molar-refractivity contribution in [2.45, 2.75) is 51.6 Å². The summed E-state index contributed by atoms with van der Waals surface area (Å²) in [5.74, 6) is 0.522. The minimum Gasteiger partial charge on any atom is -0.332 e. The first-order valence-electron chi connectivity index (χ1n) is 5.40. The lowest BCUT2D eigenvalue weighted by Crippen LogP contribution is -2.31. The summed E-state index contributed by atoms with van der Waals surface area (Å²) in [4.78, 5) is 4.50. The smallest absolute Gasteiger partial charge is 0.0954 e. The lowest BCUT2D eigenvalue weighted by Gasteiger charge is -2.25. The average molecular weight is 193 g/mol. The van der Waals surface area contributed by atoms with Gasteiger partial charge >= 0.3 is 0 Å². The van der Waals surface area contributed by atoms with Crippen LogP contribution in [0.25, 0.3) is 0 Å². The maximum absolute atomic E-state index is 6.03. The Balaban J connectivity index is 2.41. The van der Waals surface area contributed by atoms with Crippen LogP contribution in [0.15, 0.2) is 6.33 Å². The Morgan fingerprint density at radius 3 is 2.93 bits per heavy atom. The molecule has 0 saturated heterocycles. The quantitative estimate of drug-likeness (QED) is 0.739. The van der Waals surface area contributed by atoms with Crippen molar-refractivity contribution in [3.05, 3.63) is 17.7 Å². The maximum Gasteiger partial charge on any atom is 0.0954 e. The summed E-state index contributed by atoms with van der Waals surface area (Å²) in [5, 5.41) is 0. The molecule has 3 nitrogen and oxygen atoms in total. The molecule has 0 spiro atoms. The number of nitrogens with zero attached hydrogens (tertiary/aromatic N) is 2. The lowest BCUT2D eigenvalue weighted by molar-refractivity contribution is 0.473. The molecular formula is C11H19N3. The molecule has 1 heterocycles. The molecule has 14 heavy (non-hydrogen) atoms. The highest BCUT2D eigenvalue weighted by Gasteiger charge is 2.26. The van der Waals surface area contributed by atoms with Crippen molar-refractivity contribution in [1.82, 2.24) is 9.55 Å². The monoisotopic (exact) mass is 193 g/mol. The number of hydrogen-bond donors (Lipinski definition) is 1. The maximum atomic E-state index is 6.03. The predicted octanol–water partition coefficient (Wildman–Crippen LogP) is 1.84. The molecule has 78 valence electrons. The molecule has 1 aromatic rings. The van der Waals surface area contributed by atoms with Crippen LogP contribution in [0.2, 0.25) is 0 Å². The van der Waals surface area contributed by atoms with Crippen LogP contribution in [0.4, 0.5) is 0 Å². The van der Waals surface area contributed by atoms with Gasteiger partial charge in [-0.3, -0.25) is 0 Å². The highest BCUT2D eigenvalue weighted by molar-refractivity contribution is 5.23. The molecular weight excluding hydrogens is 174 g/mol. The van der Waals surface area contributed by atoms with Crippen molar-refractivity contribution < 1.29 is 0 Å². The van der Waals surface area contributed by atoms with E-state index in [9.17, 15) is 0 Å². The third-order valence-electron chi connectivity index (χ3n) is 3.06.